The van der Waals surface area contributed by atoms with Crippen molar-refractivity contribution in [3.8, 4) is 5.75 Å². The monoisotopic (exact) mass is 413 g/mol. The molecule has 3 aromatic rings. The quantitative estimate of drug-likeness (QED) is 0.593. The molecule has 0 aliphatic carbocycles. The van der Waals surface area contributed by atoms with Gasteiger partial charge >= 0.3 is 0 Å². The van der Waals surface area contributed by atoms with E-state index in [2.05, 4.69) is 15.6 Å². The van der Waals surface area contributed by atoms with E-state index in [1.165, 1.54) is 11.3 Å². The molecule has 6 nitrogen and oxygen atoms in total. The molecule has 2 amide bonds. The largest absolute Gasteiger partial charge is 0.497 e. The fourth-order valence-corrected chi connectivity index (χ4v) is 3.06. The highest BCUT2D eigenvalue weighted by atomic mass is 35.5. The molecule has 1 heterocycles. The summed E-state index contributed by atoms with van der Waals surface area (Å²) in [5.74, 6) is -0.295. The van der Waals surface area contributed by atoms with E-state index in [9.17, 15) is 9.59 Å². The van der Waals surface area contributed by atoms with Gasteiger partial charge in [-0.3, -0.25) is 14.9 Å². The van der Waals surface area contributed by atoms with Crippen LogP contribution in [0.2, 0.25) is 5.02 Å². The minimum atomic E-state index is -0.494. The molecule has 0 unspecified atom stereocenters. The molecule has 1 aromatic heterocycles. The van der Waals surface area contributed by atoms with Gasteiger partial charge in [0, 0.05) is 11.6 Å². The Balaban J connectivity index is 1.88. The zero-order valence-corrected chi connectivity index (χ0v) is 16.4. The Kier molecular flexibility index (Phi) is 6.41. The summed E-state index contributed by atoms with van der Waals surface area (Å²) in [4.78, 5) is 29.4. The van der Waals surface area contributed by atoms with E-state index in [0.717, 1.165) is 0 Å². The van der Waals surface area contributed by atoms with E-state index in [4.69, 9.17) is 16.3 Å². The molecule has 8 heteroatoms. The summed E-state index contributed by atoms with van der Waals surface area (Å²) in [5, 5.41) is 7.76. The van der Waals surface area contributed by atoms with E-state index in [-0.39, 0.29) is 11.3 Å². The van der Waals surface area contributed by atoms with Crippen molar-refractivity contribution < 1.29 is 14.3 Å². The molecule has 2 aromatic carbocycles. The number of carbonyl (C=O) groups is 2. The number of ether oxygens (including phenoxy) is 1. The maximum Gasteiger partial charge on any atom is 0.273 e. The third kappa shape index (κ3) is 4.97. The van der Waals surface area contributed by atoms with Crippen LogP contribution in [-0.2, 0) is 4.79 Å². The van der Waals surface area contributed by atoms with Gasteiger partial charge in [-0.1, -0.05) is 35.9 Å². The second-order valence-corrected chi connectivity index (χ2v) is 6.86. The topological polar surface area (TPSA) is 80.3 Å². The van der Waals surface area contributed by atoms with Gasteiger partial charge in [-0.2, -0.15) is 0 Å². The van der Waals surface area contributed by atoms with E-state index in [1.54, 1.807) is 73.3 Å². The zero-order valence-electron chi connectivity index (χ0n) is 14.8. The number of amides is 2. The molecule has 2 N–H and O–H groups in total. The minimum Gasteiger partial charge on any atom is -0.497 e. The number of nitrogens with zero attached hydrogens (tertiary/aromatic N) is 1. The van der Waals surface area contributed by atoms with Crippen LogP contribution in [0.4, 0.5) is 5.13 Å². The highest BCUT2D eigenvalue weighted by Crippen LogP contribution is 2.18. The summed E-state index contributed by atoms with van der Waals surface area (Å²) in [7, 11) is 1.57. The predicted molar refractivity (Wildman–Crippen MR) is 111 cm³/mol. The number of hydrogen-bond acceptors (Lipinski definition) is 5. The van der Waals surface area contributed by atoms with Crippen LogP contribution in [0.25, 0.3) is 6.08 Å². The summed E-state index contributed by atoms with van der Waals surface area (Å²) < 4.78 is 5.14. The molecule has 0 saturated carbocycles. The van der Waals surface area contributed by atoms with Crippen LogP contribution in [0.3, 0.4) is 0 Å². The predicted octanol–water partition coefficient (Wildman–Crippen LogP) is 4.21. The third-order valence-electron chi connectivity index (χ3n) is 3.69. The van der Waals surface area contributed by atoms with Gasteiger partial charge < -0.3 is 10.1 Å². The first kappa shape index (κ1) is 19.6. The third-order valence-corrected chi connectivity index (χ3v) is 4.71. The summed E-state index contributed by atoms with van der Waals surface area (Å²) >= 11 is 7.36. The molecule has 0 spiro atoms. The fourth-order valence-electron chi connectivity index (χ4n) is 2.31. The van der Waals surface area contributed by atoms with Gasteiger partial charge in [0.15, 0.2) is 5.13 Å². The molecule has 0 radical (unpaired) electrons. The lowest BCUT2D eigenvalue weighted by Crippen LogP contribution is -2.30. The minimum absolute atomic E-state index is 0.0605. The average Bonchev–Trinajstić information content (AvgIpc) is 3.21. The van der Waals surface area contributed by atoms with E-state index < -0.39 is 11.8 Å². The Labute approximate surface area is 170 Å². The van der Waals surface area contributed by atoms with Crippen molar-refractivity contribution in [2.45, 2.75) is 0 Å². The van der Waals surface area contributed by atoms with E-state index in [1.807, 2.05) is 0 Å². The van der Waals surface area contributed by atoms with Gasteiger partial charge in [-0.15, -0.1) is 11.3 Å². The van der Waals surface area contributed by atoms with Gasteiger partial charge in [-0.25, -0.2) is 4.98 Å². The zero-order chi connectivity index (χ0) is 19.9. The Morgan fingerprint density at radius 3 is 2.54 bits per heavy atom. The first-order valence-corrected chi connectivity index (χ1v) is 9.45. The average molecular weight is 414 g/mol. The van der Waals surface area contributed by atoms with Gasteiger partial charge in [0.1, 0.15) is 11.4 Å². The number of rotatable bonds is 6. The maximum atomic E-state index is 12.7. The van der Waals surface area contributed by atoms with Crippen LogP contribution in [0.15, 0.2) is 65.8 Å². The van der Waals surface area contributed by atoms with Crippen LogP contribution in [0.1, 0.15) is 15.9 Å². The second-order valence-electron chi connectivity index (χ2n) is 5.56. The number of halogens is 1. The molecule has 0 saturated heterocycles. The number of aromatic nitrogens is 1. The first-order chi connectivity index (χ1) is 13.6. The van der Waals surface area contributed by atoms with Crippen LogP contribution in [-0.4, -0.2) is 23.9 Å². The molecular weight excluding hydrogens is 398 g/mol. The summed E-state index contributed by atoms with van der Waals surface area (Å²) in [5.41, 5.74) is 1.04. The maximum absolute atomic E-state index is 12.7. The summed E-state index contributed by atoms with van der Waals surface area (Å²) in [6.07, 6.45) is 3.15. The molecule has 3 rings (SSSR count). The van der Waals surface area contributed by atoms with Gasteiger partial charge in [-0.05, 0) is 35.9 Å². The van der Waals surface area contributed by atoms with Crippen molar-refractivity contribution in [2.24, 2.45) is 0 Å². The Bertz CT molecular complexity index is 1000. The molecule has 0 aliphatic heterocycles. The number of methoxy groups -OCH3 is 1. The second kappa shape index (κ2) is 9.16. The molecule has 0 bridgehead atoms. The molecule has 0 fully saturated rings. The molecule has 142 valence electrons. The van der Waals surface area contributed by atoms with E-state index in [0.29, 0.717) is 21.5 Å². The fraction of sp³-hybridized carbons (Fsp3) is 0.0500. The number of carbonyl (C=O) groups excluding carboxylic acids is 2. The van der Waals surface area contributed by atoms with Crippen molar-refractivity contribution in [1.29, 1.82) is 0 Å². The van der Waals surface area contributed by atoms with Crippen LogP contribution < -0.4 is 15.4 Å². The highest BCUT2D eigenvalue weighted by Gasteiger charge is 2.17. The summed E-state index contributed by atoms with van der Waals surface area (Å²) in [6.45, 7) is 0. The Morgan fingerprint density at radius 1 is 1.14 bits per heavy atom. The first-order valence-electron chi connectivity index (χ1n) is 8.19. The number of anilines is 1. The standard InChI is InChI=1S/C20H16ClN3O3S/c1-27-14-8-6-13(7-9-14)12-17(19(26)24-20-22-10-11-28-20)23-18(25)15-4-2-3-5-16(15)21/h2-12H,1H3,(H,23,25)(H,22,24,26)/b17-12-. The van der Waals surface area contributed by atoms with Crippen molar-refractivity contribution in [2.75, 3.05) is 12.4 Å². The van der Waals surface area contributed by atoms with Crippen LogP contribution >= 0.6 is 22.9 Å². The summed E-state index contributed by atoms with van der Waals surface area (Å²) in [6, 6.07) is 13.7. The van der Waals surface area contributed by atoms with Crippen molar-refractivity contribution in [3.63, 3.8) is 0 Å². The number of thiazole rings is 1. The van der Waals surface area contributed by atoms with Gasteiger partial charge in [0.25, 0.3) is 11.8 Å². The lowest BCUT2D eigenvalue weighted by molar-refractivity contribution is -0.113. The number of benzene rings is 2. The Morgan fingerprint density at radius 2 is 1.89 bits per heavy atom. The van der Waals surface area contributed by atoms with Crippen LogP contribution in [0.5, 0.6) is 5.75 Å². The van der Waals surface area contributed by atoms with Crippen LogP contribution in [0, 0.1) is 0 Å². The number of nitrogens with one attached hydrogen (secondary N) is 2. The lowest BCUT2D eigenvalue weighted by atomic mass is 10.1. The highest BCUT2D eigenvalue weighted by molar-refractivity contribution is 7.13. The molecule has 28 heavy (non-hydrogen) atoms. The van der Waals surface area contributed by atoms with Crippen molar-refractivity contribution >= 4 is 46.0 Å². The normalized spacial score (nSPS) is 11.0. The lowest BCUT2D eigenvalue weighted by Gasteiger charge is -2.11. The molecule has 0 atom stereocenters. The smallest absolute Gasteiger partial charge is 0.273 e. The number of hydrogen-bond donors (Lipinski definition) is 2. The van der Waals surface area contributed by atoms with Gasteiger partial charge in [0.05, 0.1) is 17.7 Å². The Hall–Kier alpha value is -3.16. The van der Waals surface area contributed by atoms with Crippen molar-refractivity contribution in [1.82, 2.24) is 10.3 Å². The SMILES string of the molecule is COc1ccc(/C=C(\NC(=O)c2ccccc2Cl)C(=O)Nc2nccs2)cc1. The molecule has 0 aliphatic rings. The van der Waals surface area contributed by atoms with Crippen molar-refractivity contribution in [3.05, 3.63) is 82.0 Å². The van der Waals surface area contributed by atoms with E-state index >= 15 is 0 Å². The molecular formula is C20H16ClN3O3S. The van der Waals surface area contributed by atoms with Gasteiger partial charge in [0.2, 0.25) is 0 Å².